The maximum atomic E-state index is 13.3. The van der Waals surface area contributed by atoms with Gasteiger partial charge in [-0.25, -0.2) is 4.39 Å². The SMILES string of the molecule is CCc1cccc2c(C=C3C(=O)N(C)C(=S)N3C)cn(Cc3ccc(F)cc3)c12. The first kappa shape index (κ1) is 19.3. The monoisotopic (exact) mass is 407 g/mol. The predicted octanol–water partition coefficient (Wildman–Crippen LogP) is 4.42. The molecule has 148 valence electrons. The molecule has 0 unspecified atom stereocenters. The number of carbonyl (C=O) groups is 1. The Morgan fingerprint density at radius 3 is 2.41 bits per heavy atom. The van der Waals surface area contributed by atoms with Crippen LogP contribution in [0.1, 0.15) is 23.6 Å². The van der Waals surface area contributed by atoms with E-state index in [1.807, 2.05) is 19.2 Å². The molecule has 3 aromatic rings. The number of hydrogen-bond donors (Lipinski definition) is 0. The molecule has 0 bridgehead atoms. The van der Waals surface area contributed by atoms with Crippen molar-refractivity contribution in [3.8, 4) is 0 Å². The van der Waals surface area contributed by atoms with Gasteiger partial charge in [0.25, 0.3) is 5.91 Å². The lowest BCUT2D eigenvalue weighted by molar-refractivity contribution is -0.121. The zero-order valence-electron chi connectivity index (χ0n) is 16.6. The molecule has 1 fully saturated rings. The van der Waals surface area contributed by atoms with Crippen LogP contribution in [-0.2, 0) is 17.8 Å². The third kappa shape index (κ3) is 3.34. The molecule has 2 aromatic carbocycles. The highest BCUT2D eigenvalue weighted by Crippen LogP contribution is 2.30. The van der Waals surface area contributed by atoms with Crippen LogP contribution in [0.2, 0.25) is 0 Å². The Bertz CT molecular complexity index is 1150. The number of nitrogens with zero attached hydrogens (tertiary/aromatic N) is 3. The number of likely N-dealkylation sites (N-methyl/N-ethyl adjacent to an activating group) is 2. The van der Waals surface area contributed by atoms with E-state index in [1.165, 1.54) is 22.6 Å². The first-order chi connectivity index (χ1) is 13.9. The molecule has 0 radical (unpaired) electrons. The molecule has 29 heavy (non-hydrogen) atoms. The number of amides is 1. The van der Waals surface area contributed by atoms with Crippen LogP contribution in [-0.4, -0.2) is 39.5 Å². The fourth-order valence-corrected chi connectivity index (χ4v) is 3.99. The number of fused-ring (bicyclic) bond motifs is 1. The number of hydrogen-bond acceptors (Lipinski definition) is 2. The van der Waals surface area contributed by atoms with Gasteiger partial charge in [-0.2, -0.15) is 0 Å². The largest absolute Gasteiger partial charge is 0.342 e. The predicted molar refractivity (Wildman–Crippen MR) is 118 cm³/mol. The average molecular weight is 408 g/mol. The number of para-hydroxylation sites is 1. The van der Waals surface area contributed by atoms with Gasteiger partial charge in [0.2, 0.25) is 0 Å². The maximum Gasteiger partial charge on any atom is 0.276 e. The zero-order chi connectivity index (χ0) is 20.7. The number of thiocarbonyl (C=S) groups is 1. The summed E-state index contributed by atoms with van der Waals surface area (Å²) in [6.45, 7) is 2.75. The van der Waals surface area contributed by atoms with Crippen LogP contribution < -0.4 is 0 Å². The van der Waals surface area contributed by atoms with Gasteiger partial charge >= 0.3 is 0 Å². The summed E-state index contributed by atoms with van der Waals surface area (Å²) in [5.41, 5.74) is 4.90. The van der Waals surface area contributed by atoms with Gasteiger partial charge in [0.15, 0.2) is 5.11 Å². The van der Waals surface area contributed by atoms with E-state index >= 15 is 0 Å². The van der Waals surface area contributed by atoms with Crippen molar-refractivity contribution in [1.82, 2.24) is 14.4 Å². The Kier molecular flexibility index (Phi) is 4.96. The molecule has 0 spiro atoms. The standard InChI is InChI=1S/C23H22FN3OS/c1-4-16-6-5-7-19-17(12-20-22(28)26(3)23(29)25(20)2)14-27(21(16)19)13-15-8-10-18(24)11-9-15/h5-12,14H,4,13H2,1-3H3. The van der Waals surface area contributed by atoms with E-state index in [1.54, 1.807) is 24.1 Å². The van der Waals surface area contributed by atoms with Crippen molar-refractivity contribution < 1.29 is 9.18 Å². The van der Waals surface area contributed by atoms with Crippen molar-refractivity contribution in [2.45, 2.75) is 19.9 Å². The third-order valence-electron chi connectivity index (χ3n) is 5.41. The van der Waals surface area contributed by atoms with Gasteiger partial charge in [-0.15, -0.1) is 0 Å². The zero-order valence-corrected chi connectivity index (χ0v) is 17.5. The van der Waals surface area contributed by atoms with Gasteiger partial charge in [0.05, 0.1) is 5.52 Å². The first-order valence-electron chi connectivity index (χ1n) is 9.53. The second kappa shape index (κ2) is 7.44. The van der Waals surface area contributed by atoms with Crippen LogP contribution in [0.3, 0.4) is 0 Å². The summed E-state index contributed by atoms with van der Waals surface area (Å²) in [5.74, 6) is -0.350. The summed E-state index contributed by atoms with van der Waals surface area (Å²) in [7, 11) is 3.50. The maximum absolute atomic E-state index is 13.3. The van der Waals surface area contributed by atoms with Crippen LogP contribution in [0.4, 0.5) is 4.39 Å². The number of halogens is 1. The molecule has 0 N–H and O–H groups in total. The van der Waals surface area contributed by atoms with E-state index in [9.17, 15) is 9.18 Å². The lowest BCUT2D eigenvalue weighted by Crippen LogP contribution is -2.26. The van der Waals surface area contributed by atoms with Crippen molar-refractivity contribution in [2.75, 3.05) is 14.1 Å². The van der Waals surface area contributed by atoms with Gasteiger partial charge in [0.1, 0.15) is 11.5 Å². The number of rotatable bonds is 4. The van der Waals surface area contributed by atoms with Crippen molar-refractivity contribution in [3.05, 3.63) is 76.9 Å². The van der Waals surface area contributed by atoms with Gasteiger partial charge in [-0.1, -0.05) is 37.3 Å². The Morgan fingerprint density at radius 2 is 1.79 bits per heavy atom. The highest BCUT2D eigenvalue weighted by molar-refractivity contribution is 7.80. The summed E-state index contributed by atoms with van der Waals surface area (Å²) in [4.78, 5) is 15.8. The summed E-state index contributed by atoms with van der Waals surface area (Å²) in [6.07, 6.45) is 4.86. The van der Waals surface area contributed by atoms with E-state index in [0.29, 0.717) is 17.4 Å². The molecule has 1 aliphatic heterocycles. The van der Waals surface area contributed by atoms with E-state index < -0.39 is 0 Å². The summed E-state index contributed by atoms with van der Waals surface area (Å²) in [6, 6.07) is 12.8. The normalized spacial score (nSPS) is 15.9. The molecule has 0 atom stereocenters. The van der Waals surface area contributed by atoms with Crippen molar-refractivity contribution in [3.63, 3.8) is 0 Å². The van der Waals surface area contributed by atoms with E-state index in [0.717, 1.165) is 28.5 Å². The lowest BCUT2D eigenvalue weighted by Gasteiger charge is -2.10. The van der Waals surface area contributed by atoms with Crippen LogP contribution in [0.5, 0.6) is 0 Å². The highest BCUT2D eigenvalue weighted by Gasteiger charge is 2.33. The Hall–Kier alpha value is -2.99. The number of aryl methyl sites for hydroxylation is 1. The van der Waals surface area contributed by atoms with Crippen LogP contribution in [0.15, 0.2) is 54.4 Å². The van der Waals surface area contributed by atoms with E-state index in [2.05, 4.69) is 29.8 Å². The first-order valence-corrected chi connectivity index (χ1v) is 9.94. The van der Waals surface area contributed by atoms with Crippen LogP contribution in [0.25, 0.3) is 17.0 Å². The van der Waals surface area contributed by atoms with E-state index in [4.69, 9.17) is 12.2 Å². The van der Waals surface area contributed by atoms with Gasteiger partial charge < -0.3 is 9.47 Å². The number of benzene rings is 2. The average Bonchev–Trinajstić information content (AvgIpc) is 3.16. The van der Waals surface area contributed by atoms with Crippen molar-refractivity contribution in [2.24, 2.45) is 0 Å². The summed E-state index contributed by atoms with van der Waals surface area (Å²) < 4.78 is 15.5. The van der Waals surface area contributed by atoms with Gasteiger partial charge in [0, 0.05) is 37.8 Å². The Morgan fingerprint density at radius 1 is 1.07 bits per heavy atom. The molecule has 2 heterocycles. The molecule has 0 aliphatic carbocycles. The molecule has 1 saturated heterocycles. The van der Waals surface area contributed by atoms with Gasteiger partial charge in [-0.3, -0.25) is 9.69 Å². The molecular formula is C23H22FN3OS. The second-order valence-electron chi connectivity index (χ2n) is 7.24. The minimum Gasteiger partial charge on any atom is -0.342 e. The molecular weight excluding hydrogens is 385 g/mol. The minimum absolute atomic E-state index is 0.108. The highest BCUT2D eigenvalue weighted by atomic mass is 32.1. The molecule has 0 saturated carbocycles. The minimum atomic E-state index is -0.242. The third-order valence-corrected chi connectivity index (χ3v) is 5.96. The number of carbonyl (C=O) groups excluding carboxylic acids is 1. The fraction of sp³-hybridized carbons (Fsp3) is 0.217. The quantitative estimate of drug-likeness (QED) is 0.473. The van der Waals surface area contributed by atoms with E-state index in [-0.39, 0.29) is 11.7 Å². The molecule has 1 aromatic heterocycles. The topological polar surface area (TPSA) is 28.5 Å². The lowest BCUT2D eigenvalue weighted by atomic mass is 10.1. The molecule has 4 rings (SSSR count). The second-order valence-corrected chi connectivity index (χ2v) is 7.61. The Labute approximate surface area is 174 Å². The molecule has 1 amide bonds. The number of aromatic nitrogens is 1. The van der Waals surface area contributed by atoms with Crippen molar-refractivity contribution >= 4 is 40.2 Å². The summed E-state index contributed by atoms with van der Waals surface area (Å²) >= 11 is 5.33. The van der Waals surface area contributed by atoms with Crippen LogP contribution in [0, 0.1) is 5.82 Å². The smallest absolute Gasteiger partial charge is 0.276 e. The summed E-state index contributed by atoms with van der Waals surface area (Å²) in [5, 5.41) is 1.58. The Balaban J connectivity index is 1.85. The molecule has 6 heteroatoms. The van der Waals surface area contributed by atoms with Crippen LogP contribution >= 0.6 is 12.2 Å². The van der Waals surface area contributed by atoms with Crippen molar-refractivity contribution in [1.29, 1.82) is 0 Å². The molecule has 1 aliphatic rings. The van der Waals surface area contributed by atoms with Gasteiger partial charge in [-0.05, 0) is 48.0 Å². The fourth-order valence-electron chi connectivity index (χ4n) is 3.81. The molecule has 4 nitrogen and oxygen atoms in total.